The molecule has 0 radical (unpaired) electrons. The molecule has 2 heterocycles. The van der Waals surface area contributed by atoms with Gasteiger partial charge in [0.15, 0.2) is 5.69 Å². The molecule has 1 aromatic carbocycles. The molecule has 1 saturated heterocycles. The molecule has 0 atom stereocenters. The molecule has 0 aliphatic carbocycles. The lowest BCUT2D eigenvalue weighted by Gasteiger charge is -2.34. The summed E-state index contributed by atoms with van der Waals surface area (Å²) in [4.78, 5) is 16.4. The first-order valence-corrected chi connectivity index (χ1v) is 9.98. The molecule has 0 saturated carbocycles. The van der Waals surface area contributed by atoms with Gasteiger partial charge in [-0.15, -0.1) is 0 Å². The first kappa shape index (κ1) is 22.7. The minimum Gasteiger partial charge on any atom is -0.495 e. The monoisotopic (exact) mass is 464 g/mol. The van der Waals surface area contributed by atoms with Gasteiger partial charge in [0, 0.05) is 32.7 Å². The standard InChI is InChI=1S/C19H21Cl2F3N4O2/c1-12-17(21)18(19(22,23)24)25-28(12)11-16(29)27-7-5-26(6-8-27)10-13-3-4-14(20)15(9-13)30-2/h3-4,9H,5-8,10-11H2,1-2H3. The van der Waals surface area contributed by atoms with Crippen LogP contribution in [-0.2, 0) is 24.1 Å². The van der Waals surface area contributed by atoms with Crippen LogP contribution in [0.5, 0.6) is 5.75 Å². The highest BCUT2D eigenvalue weighted by Crippen LogP contribution is 2.35. The second kappa shape index (κ2) is 9.03. The summed E-state index contributed by atoms with van der Waals surface area (Å²) in [6, 6.07) is 5.58. The van der Waals surface area contributed by atoms with Crippen LogP contribution in [0.15, 0.2) is 18.2 Å². The lowest BCUT2D eigenvalue weighted by molar-refractivity contribution is -0.142. The van der Waals surface area contributed by atoms with Gasteiger partial charge in [0.05, 0.1) is 22.8 Å². The number of aromatic nitrogens is 2. The van der Waals surface area contributed by atoms with Crippen molar-refractivity contribution < 1.29 is 22.7 Å². The van der Waals surface area contributed by atoms with Crippen LogP contribution in [0.3, 0.4) is 0 Å². The zero-order valence-electron chi connectivity index (χ0n) is 16.5. The number of nitrogens with zero attached hydrogens (tertiary/aromatic N) is 4. The summed E-state index contributed by atoms with van der Waals surface area (Å²) in [6.07, 6.45) is -4.66. The van der Waals surface area contributed by atoms with Crippen molar-refractivity contribution in [3.63, 3.8) is 0 Å². The molecule has 2 aromatic rings. The molecule has 11 heteroatoms. The lowest BCUT2D eigenvalue weighted by Crippen LogP contribution is -2.49. The maximum atomic E-state index is 12.9. The molecular weight excluding hydrogens is 444 g/mol. The van der Waals surface area contributed by atoms with Crippen molar-refractivity contribution in [1.29, 1.82) is 0 Å². The molecule has 1 aromatic heterocycles. The van der Waals surface area contributed by atoms with E-state index in [1.165, 1.54) is 6.92 Å². The maximum Gasteiger partial charge on any atom is 0.436 e. The Morgan fingerprint density at radius 1 is 1.20 bits per heavy atom. The molecule has 1 amide bonds. The molecule has 1 fully saturated rings. The van der Waals surface area contributed by atoms with E-state index in [1.807, 2.05) is 12.1 Å². The van der Waals surface area contributed by atoms with Crippen LogP contribution >= 0.6 is 23.2 Å². The fraction of sp³-hybridized carbons (Fsp3) is 0.474. The number of benzene rings is 1. The quantitative estimate of drug-likeness (QED) is 0.673. The average Bonchev–Trinajstić information content (AvgIpc) is 2.98. The summed E-state index contributed by atoms with van der Waals surface area (Å²) in [5, 5.41) is 3.56. The third-order valence-corrected chi connectivity index (χ3v) is 5.80. The van der Waals surface area contributed by atoms with Crippen molar-refractivity contribution in [2.24, 2.45) is 0 Å². The van der Waals surface area contributed by atoms with Crippen molar-refractivity contribution in [3.05, 3.63) is 45.2 Å². The maximum absolute atomic E-state index is 12.9. The van der Waals surface area contributed by atoms with Crippen LogP contribution in [0.2, 0.25) is 10.0 Å². The average molecular weight is 465 g/mol. The van der Waals surface area contributed by atoms with E-state index >= 15 is 0 Å². The van der Waals surface area contributed by atoms with Crippen molar-refractivity contribution in [2.45, 2.75) is 26.2 Å². The number of amides is 1. The predicted molar refractivity (Wildman–Crippen MR) is 107 cm³/mol. The summed E-state index contributed by atoms with van der Waals surface area (Å²) >= 11 is 11.8. The van der Waals surface area contributed by atoms with Gasteiger partial charge in [0.2, 0.25) is 5.91 Å². The van der Waals surface area contributed by atoms with Crippen LogP contribution in [0.4, 0.5) is 13.2 Å². The SMILES string of the molecule is COc1cc(CN2CCN(C(=O)Cn3nc(C(F)(F)F)c(Cl)c3C)CC2)ccc1Cl. The van der Waals surface area contributed by atoms with Gasteiger partial charge in [-0.1, -0.05) is 29.3 Å². The summed E-state index contributed by atoms with van der Waals surface area (Å²) in [6.45, 7) is 4.05. The molecule has 6 nitrogen and oxygen atoms in total. The largest absolute Gasteiger partial charge is 0.495 e. The van der Waals surface area contributed by atoms with E-state index < -0.39 is 16.9 Å². The summed E-state index contributed by atoms with van der Waals surface area (Å²) in [5.74, 6) is 0.313. The number of piperazine rings is 1. The van der Waals surface area contributed by atoms with Gasteiger partial charge in [0.25, 0.3) is 0 Å². The summed E-state index contributed by atoms with van der Waals surface area (Å²) < 4.78 is 45.1. The molecule has 30 heavy (non-hydrogen) atoms. The Kier molecular flexibility index (Phi) is 6.84. The number of methoxy groups -OCH3 is 1. The lowest BCUT2D eigenvalue weighted by atomic mass is 10.2. The molecule has 0 N–H and O–H groups in total. The summed E-state index contributed by atoms with van der Waals surface area (Å²) in [7, 11) is 1.56. The number of hydrogen-bond acceptors (Lipinski definition) is 4. The third-order valence-electron chi connectivity index (χ3n) is 5.03. The number of halogens is 5. The Bertz CT molecular complexity index is 925. The van der Waals surface area contributed by atoms with E-state index in [1.54, 1.807) is 18.1 Å². The van der Waals surface area contributed by atoms with E-state index in [4.69, 9.17) is 27.9 Å². The zero-order valence-corrected chi connectivity index (χ0v) is 18.0. The smallest absolute Gasteiger partial charge is 0.436 e. The highest BCUT2D eigenvalue weighted by Gasteiger charge is 2.38. The van der Waals surface area contributed by atoms with Gasteiger partial charge in [-0.2, -0.15) is 18.3 Å². The Hall–Kier alpha value is -1.97. The molecule has 0 bridgehead atoms. The Morgan fingerprint density at radius 2 is 1.87 bits per heavy atom. The van der Waals surface area contributed by atoms with Crippen molar-refractivity contribution >= 4 is 29.1 Å². The van der Waals surface area contributed by atoms with E-state index in [0.717, 1.165) is 10.2 Å². The minimum atomic E-state index is -4.66. The Balaban J connectivity index is 1.57. The van der Waals surface area contributed by atoms with Gasteiger partial charge in [-0.05, 0) is 24.6 Å². The van der Waals surface area contributed by atoms with Crippen molar-refractivity contribution in [2.75, 3.05) is 33.3 Å². The number of carbonyl (C=O) groups excluding carboxylic acids is 1. The Labute approximate surface area is 182 Å². The second-order valence-electron chi connectivity index (χ2n) is 7.03. The fourth-order valence-electron chi connectivity index (χ4n) is 3.30. The van der Waals surface area contributed by atoms with E-state index in [0.29, 0.717) is 43.5 Å². The number of ether oxygens (including phenoxy) is 1. The number of carbonyl (C=O) groups is 1. The molecule has 0 unspecified atom stereocenters. The zero-order chi connectivity index (χ0) is 22.1. The van der Waals surface area contributed by atoms with E-state index in [2.05, 4.69) is 10.00 Å². The first-order chi connectivity index (χ1) is 14.1. The van der Waals surface area contributed by atoms with Gasteiger partial charge in [0.1, 0.15) is 12.3 Å². The highest BCUT2D eigenvalue weighted by molar-refractivity contribution is 6.32. The van der Waals surface area contributed by atoms with Crippen LogP contribution in [0.1, 0.15) is 17.0 Å². The van der Waals surface area contributed by atoms with E-state index in [-0.39, 0.29) is 18.1 Å². The highest BCUT2D eigenvalue weighted by atomic mass is 35.5. The molecule has 1 aliphatic rings. The van der Waals surface area contributed by atoms with Gasteiger partial charge < -0.3 is 9.64 Å². The normalized spacial score (nSPS) is 15.5. The minimum absolute atomic E-state index is 0.118. The molecule has 3 rings (SSSR count). The van der Waals surface area contributed by atoms with Crippen molar-refractivity contribution in [3.8, 4) is 5.75 Å². The van der Waals surface area contributed by atoms with Gasteiger partial charge >= 0.3 is 6.18 Å². The molecule has 1 aliphatic heterocycles. The Morgan fingerprint density at radius 3 is 2.43 bits per heavy atom. The van der Waals surface area contributed by atoms with Crippen LogP contribution in [0.25, 0.3) is 0 Å². The number of hydrogen-bond donors (Lipinski definition) is 0. The number of rotatable bonds is 5. The predicted octanol–water partition coefficient (Wildman–Crippen LogP) is 3.87. The van der Waals surface area contributed by atoms with Crippen LogP contribution in [0, 0.1) is 6.92 Å². The van der Waals surface area contributed by atoms with Crippen molar-refractivity contribution in [1.82, 2.24) is 19.6 Å². The molecule has 164 valence electrons. The molecular formula is C19H21Cl2F3N4O2. The number of alkyl halides is 3. The van der Waals surface area contributed by atoms with Crippen LogP contribution in [-0.4, -0.2) is 58.8 Å². The third kappa shape index (κ3) is 5.01. The fourth-order valence-corrected chi connectivity index (χ4v) is 3.74. The molecule has 0 spiro atoms. The van der Waals surface area contributed by atoms with Crippen LogP contribution < -0.4 is 4.74 Å². The topological polar surface area (TPSA) is 50.6 Å². The van der Waals surface area contributed by atoms with Gasteiger partial charge in [-0.25, -0.2) is 0 Å². The first-order valence-electron chi connectivity index (χ1n) is 9.22. The van der Waals surface area contributed by atoms with Gasteiger partial charge in [-0.3, -0.25) is 14.4 Å². The summed E-state index contributed by atoms with van der Waals surface area (Å²) in [5.41, 5.74) is -0.0112. The van der Waals surface area contributed by atoms with E-state index in [9.17, 15) is 18.0 Å². The second-order valence-corrected chi connectivity index (χ2v) is 7.81.